The van der Waals surface area contributed by atoms with E-state index in [-0.39, 0.29) is 0 Å². The molecule has 0 atom stereocenters. The number of methoxy groups -OCH3 is 1. The Kier molecular flexibility index (Phi) is 5.04. The van der Waals surface area contributed by atoms with Gasteiger partial charge in [0.2, 0.25) is 0 Å². The molecule has 4 nitrogen and oxygen atoms in total. The molecule has 0 fully saturated rings. The summed E-state index contributed by atoms with van der Waals surface area (Å²) in [5.74, 6) is 0.343. The number of rotatable bonds is 4. The van der Waals surface area contributed by atoms with Crippen molar-refractivity contribution in [2.75, 3.05) is 19.1 Å². The first kappa shape index (κ1) is 15.6. The van der Waals surface area contributed by atoms with Gasteiger partial charge in [0.25, 0.3) is 0 Å². The lowest BCUT2D eigenvalue weighted by molar-refractivity contribution is 0.0599. The third kappa shape index (κ3) is 3.86. The highest BCUT2D eigenvalue weighted by Crippen LogP contribution is 2.21. The number of nitrogens with zero attached hydrogens (tertiary/aromatic N) is 2. The Hall–Kier alpha value is -1.78. The average molecular weight is 325 g/mol. The zero-order valence-corrected chi connectivity index (χ0v) is 13.1. The summed E-state index contributed by atoms with van der Waals surface area (Å²) >= 11 is 11.8. The van der Waals surface area contributed by atoms with Gasteiger partial charge in [-0.2, -0.15) is 0 Å². The van der Waals surface area contributed by atoms with Crippen molar-refractivity contribution in [3.8, 4) is 0 Å². The first-order valence-corrected chi connectivity index (χ1v) is 6.96. The fourth-order valence-corrected chi connectivity index (χ4v) is 2.20. The largest absolute Gasteiger partial charge is 0.465 e. The number of carbonyl (C=O) groups is 1. The van der Waals surface area contributed by atoms with E-state index in [4.69, 9.17) is 27.9 Å². The summed E-state index contributed by atoms with van der Waals surface area (Å²) in [5.41, 5.74) is 1.26. The molecule has 0 aliphatic rings. The molecule has 2 rings (SSSR count). The standard InChI is InChI=1S/C15H14Cl2N2O2/c1-19(14-6-5-12(17)8-18-14)9-10-3-4-11(16)7-13(10)15(20)21-2/h3-8H,9H2,1-2H3. The maximum absolute atomic E-state index is 11.8. The number of hydrogen-bond donors (Lipinski definition) is 0. The van der Waals surface area contributed by atoms with Gasteiger partial charge in [-0.15, -0.1) is 0 Å². The van der Waals surface area contributed by atoms with Crippen LogP contribution in [0.25, 0.3) is 0 Å². The molecule has 0 saturated carbocycles. The summed E-state index contributed by atoms with van der Waals surface area (Å²) in [7, 11) is 3.23. The van der Waals surface area contributed by atoms with Crippen molar-refractivity contribution in [3.63, 3.8) is 0 Å². The van der Waals surface area contributed by atoms with E-state index in [0.29, 0.717) is 22.2 Å². The number of hydrogen-bond acceptors (Lipinski definition) is 4. The predicted molar refractivity (Wildman–Crippen MR) is 84.1 cm³/mol. The first-order valence-electron chi connectivity index (χ1n) is 6.20. The Balaban J connectivity index is 2.26. The van der Waals surface area contributed by atoms with Crippen molar-refractivity contribution >= 4 is 35.0 Å². The van der Waals surface area contributed by atoms with Crippen molar-refractivity contribution in [2.24, 2.45) is 0 Å². The van der Waals surface area contributed by atoms with Crippen molar-refractivity contribution in [2.45, 2.75) is 6.54 Å². The van der Waals surface area contributed by atoms with Crippen LogP contribution in [0.2, 0.25) is 10.0 Å². The molecule has 110 valence electrons. The van der Waals surface area contributed by atoms with Gasteiger partial charge in [0.1, 0.15) is 5.82 Å². The summed E-state index contributed by atoms with van der Waals surface area (Å²) < 4.78 is 4.79. The topological polar surface area (TPSA) is 42.4 Å². The maximum atomic E-state index is 11.8. The molecule has 21 heavy (non-hydrogen) atoms. The van der Waals surface area contributed by atoms with E-state index in [1.807, 2.05) is 18.0 Å². The molecule has 0 unspecified atom stereocenters. The van der Waals surface area contributed by atoms with Gasteiger partial charge in [-0.05, 0) is 29.8 Å². The quantitative estimate of drug-likeness (QED) is 0.802. The van der Waals surface area contributed by atoms with E-state index in [9.17, 15) is 4.79 Å². The maximum Gasteiger partial charge on any atom is 0.338 e. The molecular formula is C15H14Cl2N2O2. The molecule has 0 radical (unpaired) electrons. The molecule has 0 aliphatic heterocycles. The number of carbonyl (C=O) groups excluding carboxylic acids is 1. The third-order valence-electron chi connectivity index (χ3n) is 2.99. The summed E-state index contributed by atoms with van der Waals surface area (Å²) in [5, 5.41) is 1.07. The predicted octanol–water partition coefficient (Wildman–Crippen LogP) is 3.81. The highest BCUT2D eigenvalue weighted by atomic mass is 35.5. The van der Waals surface area contributed by atoms with Gasteiger partial charge < -0.3 is 9.64 Å². The molecule has 1 aromatic carbocycles. The minimum Gasteiger partial charge on any atom is -0.465 e. The Morgan fingerprint density at radius 1 is 1.24 bits per heavy atom. The van der Waals surface area contributed by atoms with Crippen LogP contribution in [-0.4, -0.2) is 25.1 Å². The Morgan fingerprint density at radius 3 is 2.57 bits per heavy atom. The van der Waals surface area contributed by atoms with Gasteiger partial charge >= 0.3 is 5.97 Å². The minimum absolute atomic E-state index is 0.412. The van der Waals surface area contributed by atoms with Gasteiger partial charge in [-0.25, -0.2) is 9.78 Å². The van der Waals surface area contributed by atoms with Crippen LogP contribution in [0, 0.1) is 0 Å². The molecule has 0 saturated heterocycles. The van der Waals surface area contributed by atoms with E-state index >= 15 is 0 Å². The van der Waals surface area contributed by atoms with Crippen molar-refractivity contribution in [1.82, 2.24) is 4.98 Å². The zero-order chi connectivity index (χ0) is 15.4. The molecule has 6 heteroatoms. The molecule has 0 bridgehead atoms. The lowest BCUT2D eigenvalue weighted by atomic mass is 10.1. The smallest absolute Gasteiger partial charge is 0.338 e. The van der Waals surface area contributed by atoms with Crippen LogP contribution < -0.4 is 4.90 Å². The van der Waals surface area contributed by atoms with Crippen molar-refractivity contribution in [1.29, 1.82) is 0 Å². The van der Waals surface area contributed by atoms with Gasteiger partial charge in [-0.1, -0.05) is 29.3 Å². The monoisotopic (exact) mass is 324 g/mol. The number of esters is 1. The van der Waals surface area contributed by atoms with Crippen LogP contribution in [0.4, 0.5) is 5.82 Å². The number of anilines is 1. The second-order valence-corrected chi connectivity index (χ2v) is 5.36. The van der Waals surface area contributed by atoms with Gasteiger partial charge in [0, 0.05) is 24.8 Å². The number of aromatic nitrogens is 1. The summed E-state index contributed by atoms with van der Waals surface area (Å²) in [4.78, 5) is 18.0. The molecule has 0 N–H and O–H groups in total. The Labute approximate surface area is 133 Å². The second-order valence-electron chi connectivity index (χ2n) is 4.48. The molecule has 1 aromatic heterocycles. The molecule has 1 heterocycles. The summed E-state index contributed by atoms with van der Waals surface area (Å²) in [6, 6.07) is 8.73. The molecule has 0 spiro atoms. The zero-order valence-electron chi connectivity index (χ0n) is 11.6. The molecule has 0 aliphatic carbocycles. The van der Waals surface area contributed by atoms with Gasteiger partial charge in [0.05, 0.1) is 17.7 Å². The van der Waals surface area contributed by atoms with E-state index in [2.05, 4.69) is 4.98 Å². The van der Waals surface area contributed by atoms with Crippen molar-refractivity contribution in [3.05, 3.63) is 57.7 Å². The van der Waals surface area contributed by atoms with Crippen LogP contribution in [0.1, 0.15) is 15.9 Å². The van der Waals surface area contributed by atoms with E-state index in [1.54, 1.807) is 30.5 Å². The first-order chi connectivity index (χ1) is 10.0. The number of pyridine rings is 1. The van der Waals surface area contributed by atoms with Crippen LogP contribution in [0.15, 0.2) is 36.5 Å². The fraction of sp³-hybridized carbons (Fsp3) is 0.200. The van der Waals surface area contributed by atoms with Gasteiger partial charge in [0.15, 0.2) is 0 Å². The third-order valence-corrected chi connectivity index (χ3v) is 3.45. The molecule has 2 aromatic rings. The van der Waals surface area contributed by atoms with E-state index < -0.39 is 5.97 Å². The highest BCUT2D eigenvalue weighted by Gasteiger charge is 2.14. The Bertz CT molecular complexity index is 645. The van der Waals surface area contributed by atoms with Crippen LogP contribution in [-0.2, 0) is 11.3 Å². The van der Waals surface area contributed by atoms with E-state index in [1.165, 1.54) is 7.11 Å². The van der Waals surface area contributed by atoms with Crippen LogP contribution in [0.5, 0.6) is 0 Å². The van der Waals surface area contributed by atoms with Crippen molar-refractivity contribution < 1.29 is 9.53 Å². The number of halogens is 2. The lowest BCUT2D eigenvalue weighted by Gasteiger charge is -2.19. The lowest BCUT2D eigenvalue weighted by Crippen LogP contribution is -2.19. The average Bonchev–Trinajstić information content (AvgIpc) is 2.48. The number of ether oxygens (including phenoxy) is 1. The van der Waals surface area contributed by atoms with Crippen LogP contribution in [0.3, 0.4) is 0 Å². The van der Waals surface area contributed by atoms with Crippen LogP contribution >= 0.6 is 23.2 Å². The summed E-state index contributed by atoms with van der Waals surface area (Å²) in [6.45, 7) is 0.496. The highest BCUT2D eigenvalue weighted by molar-refractivity contribution is 6.31. The minimum atomic E-state index is -0.412. The fourth-order valence-electron chi connectivity index (χ4n) is 1.92. The summed E-state index contributed by atoms with van der Waals surface area (Å²) in [6.07, 6.45) is 1.58. The second kappa shape index (κ2) is 6.78. The number of benzene rings is 1. The molecule has 0 amide bonds. The van der Waals surface area contributed by atoms with Gasteiger partial charge in [-0.3, -0.25) is 0 Å². The SMILES string of the molecule is COC(=O)c1cc(Cl)ccc1CN(C)c1ccc(Cl)cn1. The Morgan fingerprint density at radius 2 is 1.95 bits per heavy atom. The normalized spacial score (nSPS) is 10.3. The molecular weight excluding hydrogens is 311 g/mol. The van der Waals surface area contributed by atoms with E-state index in [0.717, 1.165) is 11.4 Å².